The molecule has 31 heavy (non-hydrogen) atoms. The standard InChI is InChI=1S/C26H25N3O2/c30-26(28-17-9-16-23(28)20-10-3-1-4-11-20)18-29-24-15-8-7-14-22(24)27-25(29)19-31-21-12-5-2-6-13-21/h1-8,10-15,23H,9,16-19H2. The number of likely N-dealkylation sites (tertiary alicyclic amines) is 1. The third-order valence-electron chi connectivity index (χ3n) is 5.90. The number of carbonyl (C=O) groups is 1. The minimum absolute atomic E-state index is 0.121. The number of fused-ring (bicyclic) bond motifs is 1. The van der Waals surface area contributed by atoms with Crippen LogP contribution in [0, 0.1) is 0 Å². The number of benzene rings is 3. The molecule has 1 amide bonds. The first-order chi connectivity index (χ1) is 15.3. The Kier molecular flexibility index (Phi) is 5.40. The molecule has 0 bridgehead atoms. The van der Waals surface area contributed by atoms with Gasteiger partial charge in [-0.15, -0.1) is 0 Å². The maximum Gasteiger partial charge on any atom is 0.243 e. The number of hydrogen-bond donors (Lipinski definition) is 0. The van der Waals surface area contributed by atoms with E-state index in [0.29, 0.717) is 6.61 Å². The third-order valence-corrected chi connectivity index (χ3v) is 5.90. The van der Waals surface area contributed by atoms with Gasteiger partial charge in [-0.3, -0.25) is 4.79 Å². The van der Waals surface area contributed by atoms with Crippen molar-refractivity contribution in [3.63, 3.8) is 0 Å². The molecule has 2 heterocycles. The summed E-state index contributed by atoms with van der Waals surface area (Å²) in [4.78, 5) is 20.2. The second-order valence-corrected chi connectivity index (χ2v) is 7.86. The van der Waals surface area contributed by atoms with Crippen molar-refractivity contribution in [2.75, 3.05) is 6.54 Å². The Balaban J connectivity index is 1.40. The SMILES string of the molecule is O=C(Cn1c(COc2ccccc2)nc2ccccc21)N1CCCC1c1ccccc1. The highest BCUT2D eigenvalue weighted by atomic mass is 16.5. The molecule has 1 aliphatic rings. The minimum Gasteiger partial charge on any atom is -0.486 e. The maximum absolute atomic E-state index is 13.4. The van der Waals surface area contributed by atoms with Crippen molar-refractivity contribution in [1.82, 2.24) is 14.5 Å². The second kappa shape index (κ2) is 8.64. The van der Waals surface area contributed by atoms with E-state index in [1.807, 2.05) is 82.3 Å². The summed E-state index contributed by atoms with van der Waals surface area (Å²) in [6.07, 6.45) is 2.03. The zero-order chi connectivity index (χ0) is 21.0. The lowest BCUT2D eigenvalue weighted by atomic mass is 10.0. The fraction of sp³-hybridized carbons (Fsp3) is 0.231. The topological polar surface area (TPSA) is 47.4 Å². The van der Waals surface area contributed by atoms with Crippen LogP contribution in [0.3, 0.4) is 0 Å². The zero-order valence-corrected chi connectivity index (χ0v) is 17.4. The summed E-state index contributed by atoms with van der Waals surface area (Å²) in [7, 11) is 0. The Hall–Kier alpha value is -3.60. The van der Waals surface area contributed by atoms with Crippen molar-refractivity contribution in [3.8, 4) is 5.75 Å². The molecule has 1 unspecified atom stereocenters. The average molecular weight is 412 g/mol. The Bertz CT molecular complexity index is 1170. The molecule has 156 valence electrons. The molecule has 0 saturated carbocycles. The highest BCUT2D eigenvalue weighted by molar-refractivity contribution is 5.81. The van der Waals surface area contributed by atoms with Gasteiger partial charge in [-0.2, -0.15) is 0 Å². The first-order valence-corrected chi connectivity index (χ1v) is 10.8. The number of aromatic nitrogens is 2. The van der Waals surface area contributed by atoms with Gasteiger partial charge in [0.25, 0.3) is 0 Å². The molecule has 3 aromatic carbocycles. The summed E-state index contributed by atoms with van der Waals surface area (Å²) in [6, 6.07) is 28.1. The van der Waals surface area contributed by atoms with Crippen molar-refractivity contribution in [1.29, 1.82) is 0 Å². The molecular weight excluding hydrogens is 386 g/mol. The van der Waals surface area contributed by atoms with E-state index in [1.54, 1.807) is 0 Å². The van der Waals surface area contributed by atoms with E-state index < -0.39 is 0 Å². The van der Waals surface area contributed by atoms with E-state index in [-0.39, 0.29) is 18.5 Å². The summed E-state index contributed by atoms with van der Waals surface area (Å²) in [5.74, 6) is 1.67. The molecule has 5 nitrogen and oxygen atoms in total. The number of rotatable bonds is 6. The Morgan fingerprint density at radius 2 is 1.65 bits per heavy atom. The smallest absolute Gasteiger partial charge is 0.243 e. The van der Waals surface area contributed by atoms with Crippen LogP contribution in [0.15, 0.2) is 84.9 Å². The van der Waals surface area contributed by atoms with E-state index in [4.69, 9.17) is 9.72 Å². The molecule has 4 aromatic rings. The first kappa shape index (κ1) is 19.4. The van der Waals surface area contributed by atoms with Gasteiger partial charge in [0.15, 0.2) is 0 Å². The van der Waals surface area contributed by atoms with Crippen LogP contribution in [0.2, 0.25) is 0 Å². The van der Waals surface area contributed by atoms with E-state index in [1.165, 1.54) is 5.56 Å². The van der Waals surface area contributed by atoms with Crippen molar-refractivity contribution < 1.29 is 9.53 Å². The third kappa shape index (κ3) is 4.04. The van der Waals surface area contributed by atoms with Gasteiger partial charge in [0.05, 0.1) is 17.1 Å². The highest BCUT2D eigenvalue weighted by Crippen LogP contribution is 2.32. The van der Waals surface area contributed by atoms with Crippen LogP contribution < -0.4 is 4.74 Å². The van der Waals surface area contributed by atoms with E-state index in [9.17, 15) is 4.79 Å². The molecule has 1 fully saturated rings. The lowest BCUT2D eigenvalue weighted by molar-refractivity contribution is -0.132. The summed E-state index contributed by atoms with van der Waals surface area (Å²) in [6.45, 7) is 1.37. The summed E-state index contributed by atoms with van der Waals surface area (Å²) in [5.41, 5.74) is 3.04. The summed E-state index contributed by atoms with van der Waals surface area (Å²) in [5, 5.41) is 0. The van der Waals surface area contributed by atoms with Crippen LogP contribution in [0.25, 0.3) is 11.0 Å². The lowest BCUT2D eigenvalue weighted by Crippen LogP contribution is -2.33. The van der Waals surface area contributed by atoms with Crippen LogP contribution in [0.5, 0.6) is 5.75 Å². The predicted molar refractivity (Wildman–Crippen MR) is 121 cm³/mol. The number of para-hydroxylation sites is 3. The molecule has 0 aliphatic carbocycles. The van der Waals surface area contributed by atoms with Crippen molar-refractivity contribution in [2.45, 2.75) is 32.0 Å². The Labute approximate surface area is 181 Å². The second-order valence-electron chi connectivity index (χ2n) is 7.86. The number of hydrogen-bond acceptors (Lipinski definition) is 3. The molecule has 5 rings (SSSR count). The van der Waals surface area contributed by atoms with Gasteiger partial charge in [0.1, 0.15) is 24.7 Å². The number of amides is 1. The van der Waals surface area contributed by atoms with E-state index in [2.05, 4.69) is 12.1 Å². The predicted octanol–water partition coefficient (Wildman–Crippen LogP) is 4.98. The molecule has 1 aromatic heterocycles. The van der Waals surface area contributed by atoms with Gasteiger partial charge < -0.3 is 14.2 Å². The van der Waals surface area contributed by atoms with E-state index in [0.717, 1.165) is 42.0 Å². The fourth-order valence-electron chi connectivity index (χ4n) is 4.39. The van der Waals surface area contributed by atoms with E-state index >= 15 is 0 Å². The molecule has 0 N–H and O–H groups in total. The quantitative estimate of drug-likeness (QED) is 0.450. The molecule has 1 atom stereocenters. The maximum atomic E-state index is 13.4. The summed E-state index contributed by atoms with van der Waals surface area (Å²) < 4.78 is 7.95. The molecule has 0 spiro atoms. The van der Waals surface area contributed by atoms with Crippen LogP contribution in [-0.2, 0) is 17.9 Å². The summed E-state index contributed by atoms with van der Waals surface area (Å²) >= 11 is 0. The van der Waals surface area contributed by atoms with Crippen LogP contribution in [-0.4, -0.2) is 26.9 Å². The first-order valence-electron chi connectivity index (χ1n) is 10.8. The lowest BCUT2D eigenvalue weighted by Gasteiger charge is -2.26. The van der Waals surface area contributed by atoms with Gasteiger partial charge >= 0.3 is 0 Å². The van der Waals surface area contributed by atoms with Crippen molar-refractivity contribution >= 4 is 16.9 Å². The number of ether oxygens (including phenoxy) is 1. The van der Waals surface area contributed by atoms with Gasteiger partial charge in [-0.05, 0) is 42.7 Å². The van der Waals surface area contributed by atoms with Gasteiger partial charge in [0.2, 0.25) is 5.91 Å². The van der Waals surface area contributed by atoms with Gasteiger partial charge in [-0.25, -0.2) is 4.98 Å². The number of carbonyl (C=O) groups excluding carboxylic acids is 1. The van der Waals surface area contributed by atoms with Crippen molar-refractivity contribution in [2.24, 2.45) is 0 Å². The molecule has 0 radical (unpaired) electrons. The normalized spacial score (nSPS) is 16.0. The van der Waals surface area contributed by atoms with Crippen LogP contribution in [0.4, 0.5) is 0 Å². The Morgan fingerprint density at radius 3 is 2.45 bits per heavy atom. The van der Waals surface area contributed by atoms with Crippen molar-refractivity contribution in [3.05, 3.63) is 96.3 Å². The highest BCUT2D eigenvalue weighted by Gasteiger charge is 2.30. The average Bonchev–Trinajstić information content (AvgIpc) is 3.44. The van der Waals surface area contributed by atoms with Crippen LogP contribution >= 0.6 is 0 Å². The van der Waals surface area contributed by atoms with Crippen LogP contribution in [0.1, 0.15) is 30.3 Å². The van der Waals surface area contributed by atoms with Gasteiger partial charge in [0, 0.05) is 6.54 Å². The minimum atomic E-state index is 0.121. The number of imidazole rings is 1. The monoisotopic (exact) mass is 411 g/mol. The van der Waals surface area contributed by atoms with Gasteiger partial charge in [-0.1, -0.05) is 60.7 Å². The molecule has 1 saturated heterocycles. The largest absolute Gasteiger partial charge is 0.486 e. The Morgan fingerprint density at radius 1 is 0.935 bits per heavy atom. The molecule has 5 heteroatoms. The fourth-order valence-corrected chi connectivity index (χ4v) is 4.39. The zero-order valence-electron chi connectivity index (χ0n) is 17.4. The number of nitrogens with zero attached hydrogens (tertiary/aromatic N) is 3. The molecular formula is C26H25N3O2. The molecule has 1 aliphatic heterocycles.